The van der Waals surface area contributed by atoms with Gasteiger partial charge in [0.15, 0.2) is 0 Å². The highest BCUT2D eigenvalue weighted by Crippen LogP contribution is 2.30. The number of rotatable bonds is 9. The summed E-state index contributed by atoms with van der Waals surface area (Å²) in [6, 6.07) is 0. The van der Waals surface area contributed by atoms with Crippen LogP contribution in [-0.4, -0.2) is 16.2 Å². The lowest BCUT2D eigenvalue weighted by Gasteiger charge is -2.26. The van der Waals surface area contributed by atoms with Gasteiger partial charge in [0.05, 0.1) is 5.92 Å². The summed E-state index contributed by atoms with van der Waals surface area (Å²) in [5.74, 6) is 0.0772. The molecule has 0 fully saturated rings. The third-order valence-corrected chi connectivity index (χ3v) is 4.58. The minimum absolute atomic E-state index is 0.111. The molecule has 0 aromatic heterocycles. The highest BCUT2D eigenvalue weighted by atomic mass is 31.0. The Balaban J connectivity index is 0. The maximum Gasteiger partial charge on any atom is 0.306 e. The second-order valence-corrected chi connectivity index (χ2v) is 7.94. The molecule has 0 saturated heterocycles. The first-order valence-electron chi connectivity index (χ1n) is 8.22. The Morgan fingerprint density at radius 1 is 1.10 bits per heavy atom. The quantitative estimate of drug-likeness (QED) is 0.550. The van der Waals surface area contributed by atoms with E-state index in [1.54, 1.807) is 0 Å². The van der Waals surface area contributed by atoms with Crippen LogP contribution in [0.5, 0.6) is 0 Å². The summed E-state index contributed by atoms with van der Waals surface area (Å²) < 4.78 is 0. The minimum atomic E-state index is -0.643. The molecule has 3 heteroatoms. The van der Waals surface area contributed by atoms with Crippen LogP contribution in [0.15, 0.2) is 0 Å². The largest absolute Gasteiger partial charge is 0.481 e. The summed E-state index contributed by atoms with van der Waals surface area (Å²) in [7, 11) is 2.93. The number of carboxylic acids is 1. The van der Waals surface area contributed by atoms with E-state index in [4.69, 9.17) is 5.11 Å². The lowest BCUT2D eigenvalue weighted by molar-refractivity contribution is -0.142. The Kier molecular flexibility index (Phi) is 14.0. The molecule has 0 radical (unpaired) electrons. The summed E-state index contributed by atoms with van der Waals surface area (Å²) in [4.78, 5) is 10.4. The molecule has 0 heterocycles. The van der Waals surface area contributed by atoms with Gasteiger partial charge in [0.1, 0.15) is 0 Å². The fraction of sp³-hybridized carbons (Fsp3) is 0.941. The molecule has 1 N–H and O–H groups in total. The van der Waals surface area contributed by atoms with Gasteiger partial charge in [0.25, 0.3) is 0 Å². The first-order valence-corrected chi connectivity index (χ1v) is 8.79. The zero-order valence-electron chi connectivity index (χ0n) is 14.5. The van der Waals surface area contributed by atoms with Crippen LogP contribution >= 0.6 is 9.24 Å². The fourth-order valence-electron chi connectivity index (χ4n) is 1.84. The molecule has 3 unspecified atom stereocenters. The number of carbonyl (C=O) groups is 1. The van der Waals surface area contributed by atoms with Crippen molar-refractivity contribution in [1.29, 1.82) is 0 Å². The SMILES string of the molecule is CCCCC(C)C(C)(C)P.CCCCC(CC)C(=O)O. The molecular formula is C17H37O2P. The van der Waals surface area contributed by atoms with Gasteiger partial charge in [-0.05, 0) is 30.3 Å². The van der Waals surface area contributed by atoms with Crippen molar-refractivity contribution < 1.29 is 9.90 Å². The molecule has 3 atom stereocenters. The van der Waals surface area contributed by atoms with E-state index in [1.807, 2.05) is 6.92 Å². The van der Waals surface area contributed by atoms with Crippen molar-refractivity contribution in [1.82, 2.24) is 0 Å². The van der Waals surface area contributed by atoms with Gasteiger partial charge in [0, 0.05) is 0 Å². The van der Waals surface area contributed by atoms with Crippen molar-refractivity contribution in [2.45, 2.75) is 91.6 Å². The predicted octanol–water partition coefficient (Wildman–Crippen LogP) is 5.75. The zero-order valence-corrected chi connectivity index (χ0v) is 15.7. The number of hydrogen-bond acceptors (Lipinski definition) is 1. The highest BCUT2D eigenvalue weighted by Gasteiger charge is 2.18. The second kappa shape index (κ2) is 12.6. The summed E-state index contributed by atoms with van der Waals surface area (Å²) in [6.45, 7) is 13.2. The lowest BCUT2D eigenvalue weighted by atomic mass is 9.92. The third kappa shape index (κ3) is 12.9. The van der Waals surface area contributed by atoms with Crippen molar-refractivity contribution in [3.8, 4) is 0 Å². The van der Waals surface area contributed by atoms with Gasteiger partial charge in [-0.1, -0.05) is 67.2 Å². The van der Waals surface area contributed by atoms with Crippen LogP contribution in [0.2, 0.25) is 0 Å². The van der Waals surface area contributed by atoms with Crippen molar-refractivity contribution in [3.05, 3.63) is 0 Å². The van der Waals surface area contributed by atoms with Crippen molar-refractivity contribution in [2.75, 3.05) is 0 Å². The average molecular weight is 304 g/mol. The van der Waals surface area contributed by atoms with Gasteiger partial charge in [-0.25, -0.2) is 0 Å². The third-order valence-electron chi connectivity index (χ3n) is 4.01. The molecule has 2 nitrogen and oxygen atoms in total. The summed E-state index contributed by atoms with van der Waals surface area (Å²) in [5.41, 5.74) is 0. The van der Waals surface area contributed by atoms with Gasteiger partial charge in [-0.15, -0.1) is 9.24 Å². The van der Waals surface area contributed by atoms with Crippen LogP contribution in [0.25, 0.3) is 0 Å². The molecule has 0 spiro atoms. The predicted molar refractivity (Wildman–Crippen MR) is 93.4 cm³/mol. The first kappa shape index (κ1) is 22.2. The summed E-state index contributed by atoms with van der Waals surface area (Å²) in [5, 5.41) is 9.03. The fourth-order valence-corrected chi connectivity index (χ4v) is 2.00. The van der Waals surface area contributed by atoms with E-state index in [2.05, 4.69) is 43.9 Å². The monoisotopic (exact) mass is 304 g/mol. The van der Waals surface area contributed by atoms with Gasteiger partial charge < -0.3 is 5.11 Å². The molecule has 0 saturated carbocycles. The lowest BCUT2D eigenvalue weighted by Crippen LogP contribution is -2.20. The molecule has 0 amide bonds. The molecule has 0 aliphatic carbocycles. The molecule has 0 aromatic rings. The minimum Gasteiger partial charge on any atom is -0.481 e. The van der Waals surface area contributed by atoms with Crippen LogP contribution < -0.4 is 0 Å². The number of unbranched alkanes of at least 4 members (excludes halogenated alkanes) is 2. The van der Waals surface area contributed by atoms with Crippen LogP contribution in [-0.2, 0) is 4.79 Å². The molecule has 122 valence electrons. The molecular weight excluding hydrogens is 267 g/mol. The maximum atomic E-state index is 10.4. The van der Waals surface area contributed by atoms with Crippen molar-refractivity contribution in [3.63, 3.8) is 0 Å². The molecule has 0 aliphatic heterocycles. The first-order chi connectivity index (χ1) is 9.20. The normalized spacial score (nSPS) is 14.2. The van der Waals surface area contributed by atoms with Gasteiger partial charge >= 0.3 is 5.97 Å². The van der Waals surface area contributed by atoms with E-state index in [0.717, 1.165) is 31.6 Å². The van der Waals surface area contributed by atoms with Crippen LogP contribution in [0.1, 0.15) is 86.5 Å². The Labute approximate surface area is 129 Å². The van der Waals surface area contributed by atoms with Gasteiger partial charge in [-0.3, -0.25) is 4.79 Å². The Morgan fingerprint density at radius 2 is 1.55 bits per heavy atom. The maximum absolute atomic E-state index is 10.4. The zero-order chi connectivity index (χ0) is 16.2. The Morgan fingerprint density at radius 3 is 1.85 bits per heavy atom. The van der Waals surface area contributed by atoms with Crippen molar-refractivity contribution in [2.24, 2.45) is 11.8 Å². The topological polar surface area (TPSA) is 37.3 Å². The van der Waals surface area contributed by atoms with E-state index < -0.39 is 5.97 Å². The molecule has 0 rings (SSSR count). The summed E-state index contributed by atoms with van der Waals surface area (Å²) in [6.07, 6.45) is 7.78. The standard InChI is InChI=1S/C9H21P.C8H16O2/c1-5-6-7-8(2)9(3,4)10;1-3-5-6-7(4-2)8(9)10/h8H,5-7,10H2,1-4H3;7H,3-6H2,1-2H3,(H,9,10). The summed E-state index contributed by atoms with van der Waals surface area (Å²) >= 11 is 0. The molecule has 0 aliphatic rings. The van der Waals surface area contributed by atoms with E-state index in [1.165, 1.54) is 19.3 Å². The highest BCUT2D eigenvalue weighted by molar-refractivity contribution is 7.18. The molecule has 0 bridgehead atoms. The van der Waals surface area contributed by atoms with Crippen LogP contribution in [0.4, 0.5) is 0 Å². The van der Waals surface area contributed by atoms with E-state index in [9.17, 15) is 4.79 Å². The van der Waals surface area contributed by atoms with Gasteiger partial charge in [-0.2, -0.15) is 0 Å². The van der Waals surface area contributed by atoms with E-state index in [-0.39, 0.29) is 5.92 Å². The number of aliphatic carboxylic acids is 1. The van der Waals surface area contributed by atoms with Crippen LogP contribution in [0, 0.1) is 11.8 Å². The van der Waals surface area contributed by atoms with Crippen LogP contribution in [0.3, 0.4) is 0 Å². The smallest absolute Gasteiger partial charge is 0.306 e. The van der Waals surface area contributed by atoms with Crippen molar-refractivity contribution >= 4 is 15.2 Å². The number of carboxylic acid groups (broad SMARTS) is 1. The number of hydrogen-bond donors (Lipinski definition) is 1. The Bertz CT molecular complexity index is 234. The second-order valence-electron chi connectivity index (χ2n) is 6.45. The molecule has 0 aromatic carbocycles. The molecule has 20 heavy (non-hydrogen) atoms. The van der Waals surface area contributed by atoms with Gasteiger partial charge in [0.2, 0.25) is 0 Å². The Hall–Kier alpha value is -0.100. The van der Waals surface area contributed by atoms with E-state index >= 15 is 0 Å². The van der Waals surface area contributed by atoms with E-state index in [0.29, 0.717) is 5.16 Å². The average Bonchev–Trinajstić information content (AvgIpc) is 2.36.